The average Bonchev–Trinajstić information content (AvgIpc) is 2.70. The van der Waals surface area contributed by atoms with Crippen molar-refractivity contribution in [1.29, 1.82) is 0 Å². The molecule has 2 aromatic carbocycles. The molecule has 0 unspecified atom stereocenters. The maximum absolute atomic E-state index is 12.4. The smallest absolute Gasteiger partial charge is 0.269 e. The lowest BCUT2D eigenvalue weighted by Crippen LogP contribution is -2.41. The summed E-state index contributed by atoms with van der Waals surface area (Å²) in [4.78, 5) is 35.6. The molecule has 0 saturated carbocycles. The lowest BCUT2D eigenvalue weighted by molar-refractivity contribution is -0.114. The second-order valence-corrected chi connectivity index (χ2v) is 5.58. The third-order valence-electron chi connectivity index (χ3n) is 3.68. The Labute approximate surface area is 161 Å². The van der Waals surface area contributed by atoms with E-state index in [4.69, 9.17) is 14.2 Å². The number of anilines is 1. The Hall–Kier alpha value is -3.75. The highest BCUT2D eigenvalue weighted by Gasteiger charge is 2.17. The van der Waals surface area contributed by atoms with Crippen LogP contribution in [0.1, 0.15) is 27.6 Å². The zero-order chi connectivity index (χ0) is 20.7. The zero-order valence-electron chi connectivity index (χ0n) is 15.9. The van der Waals surface area contributed by atoms with Crippen molar-refractivity contribution in [2.24, 2.45) is 0 Å². The van der Waals surface area contributed by atoms with Crippen LogP contribution in [-0.4, -0.2) is 39.1 Å². The van der Waals surface area contributed by atoms with Crippen molar-refractivity contribution < 1.29 is 28.6 Å². The summed E-state index contributed by atoms with van der Waals surface area (Å²) in [6, 6.07) is 9.13. The number of nitrogens with one attached hydrogen (secondary N) is 3. The largest absolute Gasteiger partial charge is 0.493 e. The van der Waals surface area contributed by atoms with Crippen LogP contribution in [-0.2, 0) is 4.79 Å². The summed E-state index contributed by atoms with van der Waals surface area (Å²) in [5.41, 5.74) is 5.72. The molecule has 148 valence electrons. The molecule has 3 N–H and O–H groups in total. The molecular weight excluding hydrogens is 366 g/mol. The molecule has 9 heteroatoms. The van der Waals surface area contributed by atoms with E-state index in [1.165, 1.54) is 52.5 Å². The van der Waals surface area contributed by atoms with Crippen molar-refractivity contribution >= 4 is 23.4 Å². The van der Waals surface area contributed by atoms with Crippen molar-refractivity contribution in [2.75, 3.05) is 26.6 Å². The van der Waals surface area contributed by atoms with Crippen LogP contribution in [0.2, 0.25) is 0 Å². The van der Waals surface area contributed by atoms with Gasteiger partial charge in [-0.2, -0.15) is 0 Å². The fourth-order valence-electron chi connectivity index (χ4n) is 2.38. The highest BCUT2D eigenvalue weighted by molar-refractivity contribution is 6.00. The van der Waals surface area contributed by atoms with Gasteiger partial charge in [0.15, 0.2) is 11.5 Å². The summed E-state index contributed by atoms with van der Waals surface area (Å²) >= 11 is 0. The molecule has 28 heavy (non-hydrogen) atoms. The van der Waals surface area contributed by atoms with Crippen molar-refractivity contribution in [3.63, 3.8) is 0 Å². The molecule has 2 rings (SSSR count). The second-order valence-electron chi connectivity index (χ2n) is 5.58. The number of methoxy groups -OCH3 is 3. The SMILES string of the molecule is COc1cc(C(=O)NNC(=O)c2ccc(NC(C)=O)cc2)cc(OC)c1OC. The van der Waals surface area contributed by atoms with Gasteiger partial charge in [0.05, 0.1) is 21.3 Å². The summed E-state index contributed by atoms with van der Waals surface area (Å²) in [7, 11) is 4.33. The highest BCUT2D eigenvalue weighted by Crippen LogP contribution is 2.38. The van der Waals surface area contributed by atoms with Crippen LogP contribution in [0.3, 0.4) is 0 Å². The third-order valence-corrected chi connectivity index (χ3v) is 3.68. The van der Waals surface area contributed by atoms with Gasteiger partial charge in [-0.3, -0.25) is 25.2 Å². The minimum atomic E-state index is -0.567. The molecule has 0 aliphatic heterocycles. The fraction of sp³-hybridized carbons (Fsp3) is 0.211. The molecule has 0 fully saturated rings. The van der Waals surface area contributed by atoms with Gasteiger partial charge < -0.3 is 19.5 Å². The number of carbonyl (C=O) groups excluding carboxylic acids is 3. The van der Waals surface area contributed by atoms with Crippen LogP contribution in [0.25, 0.3) is 0 Å². The van der Waals surface area contributed by atoms with E-state index >= 15 is 0 Å². The molecule has 3 amide bonds. The van der Waals surface area contributed by atoms with Gasteiger partial charge in [-0.1, -0.05) is 0 Å². The van der Waals surface area contributed by atoms with Gasteiger partial charge >= 0.3 is 0 Å². The summed E-state index contributed by atoms with van der Waals surface area (Å²) < 4.78 is 15.6. The van der Waals surface area contributed by atoms with E-state index in [9.17, 15) is 14.4 Å². The lowest BCUT2D eigenvalue weighted by atomic mass is 10.1. The van der Waals surface area contributed by atoms with Crippen molar-refractivity contribution in [1.82, 2.24) is 10.9 Å². The van der Waals surface area contributed by atoms with Crippen molar-refractivity contribution in [2.45, 2.75) is 6.92 Å². The van der Waals surface area contributed by atoms with Gasteiger partial charge in [0.25, 0.3) is 11.8 Å². The van der Waals surface area contributed by atoms with Gasteiger partial charge in [0.1, 0.15) is 0 Å². The number of hydrogen-bond donors (Lipinski definition) is 3. The van der Waals surface area contributed by atoms with Gasteiger partial charge in [0.2, 0.25) is 11.7 Å². The Balaban J connectivity index is 2.07. The first-order valence-electron chi connectivity index (χ1n) is 8.18. The summed E-state index contributed by atoms with van der Waals surface area (Å²) in [6.45, 7) is 1.39. The van der Waals surface area contributed by atoms with Crippen LogP contribution in [0, 0.1) is 0 Å². The van der Waals surface area contributed by atoms with Crippen LogP contribution in [0.15, 0.2) is 36.4 Å². The molecule has 0 bridgehead atoms. The van der Waals surface area contributed by atoms with Gasteiger partial charge in [0, 0.05) is 23.7 Å². The second kappa shape index (κ2) is 9.26. The number of carbonyl (C=O) groups is 3. The topological polar surface area (TPSA) is 115 Å². The third kappa shape index (κ3) is 4.91. The van der Waals surface area contributed by atoms with Gasteiger partial charge in [-0.05, 0) is 36.4 Å². The molecule has 0 radical (unpaired) electrons. The molecule has 0 aliphatic rings. The molecule has 0 aliphatic carbocycles. The molecular formula is C19H21N3O6. The van der Waals surface area contributed by atoms with Crippen LogP contribution in [0.5, 0.6) is 17.2 Å². The van der Waals surface area contributed by atoms with E-state index < -0.39 is 11.8 Å². The maximum atomic E-state index is 12.4. The molecule has 2 aromatic rings. The summed E-state index contributed by atoms with van der Waals surface area (Å²) in [5.74, 6) is -0.323. The number of hydrazine groups is 1. The number of hydrogen-bond acceptors (Lipinski definition) is 6. The Morgan fingerprint density at radius 2 is 1.25 bits per heavy atom. The minimum absolute atomic E-state index is 0.204. The predicted octanol–water partition coefficient (Wildman–Crippen LogP) is 1.75. The van der Waals surface area contributed by atoms with E-state index in [-0.39, 0.29) is 11.5 Å². The lowest BCUT2D eigenvalue weighted by Gasteiger charge is -2.14. The van der Waals surface area contributed by atoms with E-state index in [1.54, 1.807) is 12.1 Å². The number of ether oxygens (including phenoxy) is 3. The van der Waals surface area contributed by atoms with E-state index in [0.717, 1.165) is 0 Å². The first kappa shape index (κ1) is 20.6. The standard InChI is InChI=1S/C19H21N3O6/c1-11(23)20-14-7-5-12(6-8-14)18(24)21-22-19(25)13-9-15(26-2)17(28-4)16(10-13)27-3/h5-10H,1-4H3,(H,20,23)(H,21,24)(H,22,25). The molecule has 0 spiro atoms. The monoisotopic (exact) mass is 387 g/mol. The van der Waals surface area contributed by atoms with E-state index in [1.807, 2.05) is 0 Å². The zero-order valence-corrected chi connectivity index (χ0v) is 15.9. The Morgan fingerprint density at radius 1 is 0.750 bits per heavy atom. The maximum Gasteiger partial charge on any atom is 0.269 e. The van der Waals surface area contributed by atoms with Crippen molar-refractivity contribution in [3.05, 3.63) is 47.5 Å². The molecule has 0 heterocycles. The minimum Gasteiger partial charge on any atom is -0.493 e. The van der Waals surface area contributed by atoms with Crippen LogP contribution < -0.4 is 30.4 Å². The normalized spacial score (nSPS) is 9.86. The Bertz CT molecular complexity index is 855. The Kier molecular flexibility index (Phi) is 6.80. The number of amides is 3. The van der Waals surface area contributed by atoms with Gasteiger partial charge in [-0.15, -0.1) is 0 Å². The van der Waals surface area contributed by atoms with Crippen molar-refractivity contribution in [3.8, 4) is 17.2 Å². The summed E-state index contributed by atoms with van der Waals surface area (Å²) in [6.07, 6.45) is 0. The molecule has 0 aromatic heterocycles. The fourth-order valence-corrected chi connectivity index (χ4v) is 2.38. The number of rotatable bonds is 6. The average molecular weight is 387 g/mol. The first-order chi connectivity index (χ1) is 13.4. The highest BCUT2D eigenvalue weighted by atomic mass is 16.5. The summed E-state index contributed by atoms with van der Waals surface area (Å²) in [5, 5.41) is 2.60. The molecule has 0 atom stereocenters. The van der Waals surface area contributed by atoms with Crippen LogP contribution in [0.4, 0.5) is 5.69 Å². The quantitative estimate of drug-likeness (QED) is 0.651. The molecule has 0 saturated heterocycles. The first-order valence-corrected chi connectivity index (χ1v) is 8.18. The van der Waals surface area contributed by atoms with E-state index in [2.05, 4.69) is 16.2 Å². The molecule has 9 nitrogen and oxygen atoms in total. The van der Waals surface area contributed by atoms with Crippen LogP contribution >= 0.6 is 0 Å². The Morgan fingerprint density at radius 3 is 1.68 bits per heavy atom. The predicted molar refractivity (Wildman–Crippen MR) is 102 cm³/mol. The van der Waals surface area contributed by atoms with E-state index in [0.29, 0.717) is 28.5 Å². The number of benzene rings is 2. The van der Waals surface area contributed by atoms with Gasteiger partial charge in [-0.25, -0.2) is 0 Å².